The molecule has 2 saturated carbocycles. The molecule has 0 radical (unpaired) electrons. The zero-order valence-corrected chi connectivity index (χ0v) is 19.2. The van der Waals surface area contributed by atoms with E-state index in [0.717, 1.165) is 37.4 Å². The highest BCUT2D eigenvalue weighted by molar-refractivity contribution is 8.00. The molecule has 0 aliphatic heterocycles. The number of H-pyrrole nitrogens is 1. The quantitative estimate of drug-likeness (QED) is 0.406. The number of aromatic nitrogens is 4. The van der Waals surface area contributed by atoms with Crippen LogP contribution in [-0.2, 0) is 4.79 Å². The number of fused-ring (bicyclic) bond motifs is 1. The van der Waals surface area contributed by atoms with Crippen LogP contribution in [0, 0.1) is 11.3 Å². The lowest BCUT2D eigenvalue weighted by Gasteiger charge is -2.15. The van der Waals surface area contributed by atoms with Crippen molar-refractivity contribution in [2.24, 2.45) is 0 Å². The molecule has 2 aliphatic carbocycles. The van der Waals surface area contributed by atoms with Gasteiger partial charge < -0.3 is 5.32 Å². The lowest BCUT2D eigenvalue weighted by atomic mass is 10.2. The third-order valence-electron chi connectivity index (χ3n) is 5.64. The zero-order chi connectivity index (χ0) is 23.3. The third-order valence-corrected chi connectivity index (χ3v) is 7.04. The van der Waals surface area contributed by atoms with Gasteiger partial charge in [-0.25, -0.2) is 14.8 Å². The van der Waals surface area contributed by atoms with Crippen molar-refractivity contribution in [3.63, 3.8) is 0 Å². The second-order valence-corrected chi connectivity index (χ2v) is 10.0. The summed E-state index contributed by atoms with van der Waals surface area (Å²) in [6.07, 6.45) is 3.64. The fraction of sp³-hybridized carbons (Fsp3) is 0.364. The van der Waals surface area contributed by atoms with E-state index in [1.807, 2.05) is 6.07 Å². The lowest BCUT2D eigenvalue weighted by Crippen LogP contribution is -2.31. The number of carbonyl (C=O) groups is 1. The second-order valence-electron chi connectivity index (χ2n) is 8.28. The summed E-state index contributed by atoms with van der Waals surface area (Å²) in [4.78, 5) is 49.7. The Labute approximate surface area is 197 Å². The molecule has 2 aromatic heterocycles. The smallest absolute Gasteiger partial charge is 0.325 e. The van der Waals surface area contributed by atoms with Gasteiger partial charge in [0.25, 0.3) is 5.56 Å². The van der Waals surface area contributed by atoms with Gasteiger partial charge in [-0.05, 0) is 50.8 Å². The number of carbonyl (C=O) groups excluding carboxylic acids is 1. The molecule has 3 aromatic rings. The first-order valence-corrected chi connectivity index (χ1v) is 11.8. The Hall–Kier alpha value is -3.16. The molecule has 2 N–H and O–H groups in total. The molecule has 0 bridgehead atoms. The van der Waals surface area contributed by atoms with Gasteiger partial charge in [-0.15, -0.1) is 0 Å². The number of hydrogen-bond donors (Lipinski definition) is 2. The van der Waals surface area contributed by atoms with Crippen LogP contribution in [0.15, 0.2) is 32.8 Å². The molecule has 1 amide bonds. The molecule has 2 heterocycles. The van der Waals surface area contributed by atoms with E-state index in [1.54, 1.807) is 17.6 Å². The first-order chi connectivity index (χ1) is 15.9. The summed E-state index contributed by atoms with van der Waals surface area (Å²) in [5.41, 5.74) is 0.108. The van der Waals surface area contributed by atoms with Gasteiger partial charge in [0.2, 0.25) is 5.91 Å². The van der Waals surface area contributed by atoms with Crippen LogP contribution in [0.4, 0.5) is 5.69 Å². The molecule has 1 atom stereocenters. The summed E-state index contributed by atoms with van der Waals surface area (Å²) in [6, 6.07) is 6.65. The molecule has 2 fully saturated rings. The Kier molecular flexibility index (Phi) is 5.46. The van der Waals surface area contributed by atoms with Crippen molar-refractivity contribution in [3.05, 3.63) is 55.4 Å². The highest BCUT2D eigenvalue weighted by Gasteiger charge is 2.33. The maximum Gasteiger partial charge on any atom is 0.330 e. The summed E-state index contributed by atoms with van der Waals surface area (Å²) in [6.45, 7) is 1.71. The number of nitriles is 1. The van der Waals surface area contributed by atoms with Gasteiger partial charge in [0.05, 0.1) is 15.8 Å². The van der Waals surface area contributed by atoms with E-state index in [0.29, 0.717) is 27.7 Å². The molecule has 9 nitrogen and oxygen atoms in total. The van der Waals surface area contributed by atoms with E-state index in [-0.39, 0.29) is 28.3 Å². The predicted octanol–water partition coefficient (Wildman–Crippen LogP) is 3.34. The summed E-state index contributed by atoms with van der Waals surface area (Å²) >= 11 is 7.20. The van der Waals surface area contributed by atoms with Gasteiger partial charge in [-0.2, -0.15) is 5.26 Å². The molecule has 168 valence electrons. The first kappa shape index (κ1) is 21.7. The van der Waals surface area contributed by atoms with Crippen molar-refractivity contribution in [1.29, 1.82) is 5.26 Å². The number of benzene rings is 1. The minimum Gasteiger partial charge on any atom is -0.325 e. The molecule has 0 saturated heterocycles. The van der Waals surface area contributed by atoms with Gasteiger partial charge in [0.15, 0.2) is 5.65 Å². The van der Waals surface area contributed by atoms with E-state index in [4.69, 9.17) is 16.9 Å². The molecule has 11 heteroatoms. The number of amides is 1. The molecule has 1 aromatic carbocycles. The molecule has 2 aliphatic rings. The van der Waals surface area contributed by atoms with Gasteiger partial charge in [-0.1, -0.05) is 23.4 Å². The van der Waals surface area contributed by atoms with Crippen LogP contribution < -0.4 is 16.6 Å². The van der Waals surface area contributed by atoms with E-state index in [9.17, 15) is 14.4 Å². The summed E-state index contributed by atoms with van der Waals surface area (Å²) < 4.78 is 1.55. The van der Waals surface area contributed by atoms with Gasteiger partial charge in [0.1, 0.15) is 22.3 Å². The average Bonchev–Trinajstić information content (AvgIpc) is 3.67. The van der Waals surface area contributed by atoms with Crippen LogP contribution in [0.2, 0.25) is 5.02 Å². The summed E-state index contributed by atoms with van der Waals surface area (Å²) in [5.74, 6) is 0.504. The number of thioether (sulfide) groups is 1. The maximum atomic E-state index is 12.8. The normalized spacial score (nSPS) is 16.4. The number of nitrogens with zero attached hydrogens (tertiary/aromatic N) is 4. The largest absolute Gasteiger partial charge is 0.330 e. The number of rotatable bonds is 6. The molecular weight excluding hydrogens is 464 g/mol. The summed E-state index contributed by atoms with van der Waals surface area (Å²) in [7, 11) is 0. The van der Waals surface area contributed by atoms with E-state index in [1.165, 1.54) is 12.1 Å². The number of halogens is 1. The number of nitrogens with one attached hydrogen (secondary N) is 2. The van der Waals surface area contributed by atoms with Crippen LogP contribution in [0.5, 0.6) is 0 Å². The highest BCUT2D eigenvalue weighted by Crippen LogP contribution is 2.41. The monoisotopic (exact) mass is 482 g/mol. The first-order valence-electron chi connectivity index (χ1n) is 10.6. The number of aromatic amines is 1. The SMILES string of the molecule is CC(Sc1nc(C2CC2)nc2c1c(=O)[nH]c(=O)n2C1CC1)C(=O)Nc1ccc(C#N)c(Cl)c1. The van der Waals surface area contributed by atoms with E-state index >= 15 is 0 Å². The minimum atomic E-state index is -0.606. The Morgan fingerprint density at radius 1 is 1.30 bits per heavy atom. The van der Waals surface area contributed by atoms with Crippen molar-refractivity contribution in [1.82, 2.24) is 19.5 Å². The molecule has 0 spiro atoms. The van der Waals surface area contributed by atoms with Crippen molar-refractivity contribution < 1.29 is 4.79 Å². The average molecular weight is 483 g/mol. The topological polar surface area (TPSA) is 134 Å². The van der Waals surface area contributed by atoms with Crippen LogP contribution in [0.1, 0.15) is 56.0 Å². The zero-order valence-electron chi connectivity index (χ0n) is 17.6. The molecule has 1 unspecified atom stereocenters. The fourth-order valence-corrected chi connectivity index (χ4v) is 4.73. The fourth-order valence-electron chi connectivity index (χ4n) is 3.56. The maximum absolute atomic E-state index is 12.8. The van der Waals surface area contributed by atoms with Gasteiger partial charge >= 0.3 is 5.69 Å². The standard InChI is InChI=1S/C22H19ClN6O3S/c1-10(19(30)25-13-5-4-12(9-24)15(23)8-13)33-21-16-18(26-17(27-21)11-2-3-11)29(14-6-7-14)22(32)28-20(16)31/h4-5,8,10-11,14H,2-3,6-7H2,1H3,(H,25,30)(H,28,31,32). The second kappa shape index (κ2) is 8.32. The van der Waals surface area contributed by atoms with Crippen LogP contribution >= 0.6 is 23.4 Å². The highest BCUT2D eigenvalue weighted by atomic mass is 35.5. The Morgan fingerprint density at radius 2 is 2.06 bits per heavy atom. The lowest BCUT2D eigenvalue weighted by molar-refractivity contribution is -0.115. The molecule has 5 rings (SSSR count). The van der Waals surface area contributed by atoms with Gasteiger partial charge in [0, 0.05) is 17.6 Å². The van der Waals surface area contributed by atoms with Crippen molar-refractivity contribution in [2.45, 2.75) is 54.8 Å². The summed E-state index contributed by atoms with van der Waals surface area (Å²) in [5, 5.41) is 12.0. The minimum absolute atomic E-state index is 0.0264. The van der Waals surface area contributed by atoms with Crippen molar-refractivity contribution >= 4 is 46.0 Å². The Balaban J connectivity index is 1.49. The number of hydrogen-bond acceptors (Lipinski definition) is 7. The molecule has 33 heavy (non-hydrogen) atoms. The van der Waals surface area contributed by atoms with E-state index < -0.39 is 16.5 Å². The van der Waals surface area contributed by atoms with Crippen molar-refractivity contribution in [3.8, 4) is 6.07 Å². The van der Waals surface area contributed by atoms with Crippen LogP contribution in [0.25, 0.3) is 11.0 Å². The Bertz CT molecular complexity index is 1450. The molecular formula is C22H19ClN6O3S. The van der Waals surface area contributed by atoms with Crippen LogP contribution in [-0.4, -0.2) is 30.7 Å². The third kappa shape index (κ3) is 4.26. The van der Waals surface area contributed by atoms with E-state index in [2.05, 4.69) is 20.3 Å². The Morgan fingerprint density at radius 3 is 2.70 bits per heavy atom. The predicted molar refractivity (Wildman–Crippen MR) is 125 cm³/mol. The van der Waals surface area contributed by atoms with Crippen molar-refractivity contribution in [2.75, 3.05) is 5.32 Å². The number of anilines is 1. The van der Waals surface area contributed by atoms with Crippen LogP contribution in [0.3, 0.4) is 0 Å². The van der Waals surface area contributed by atoms with Gasteiger partial charge in [-0.3, -0.25) is 19.1 Å².